The first-order valence-electron chi connectivity index (χ1n) is 12.5. The van der Waals surface area contributed by atoms with Crippen molar-refractivity contribution in [2.24, 2.45) is 0 Å². The molecule has 0 aliphatic carbocycles. The number of hydrogen-bond donors (Lipinski definition) is 4. The van der Waals surface area contributed by atoms with Crippen molar-refractivity contribution in [2.45, 2.75) is 19.4 Å². The van der Waals surface area contributed by atoms with Gasteiger partial charge in [-0.25, -0.2) is 9.37 Å². The summed E-state index contributed by atoms with van der Waals surface area (Å²) in [6, 6.07) is 6.00. The smallest absolute Gasteiger partial charge is 0.247 e. The summed E-state index contributed by atoms with van der Waals surface area (Å²) in [4.78, 5) is 25.0. The Bertz CT molecular complexity index is 1430. The molecule has 1 aromatic heterocycles. The lowest BCUT2D eigenvalue weighted by Gasteiger charge is -2.26. The molecule has 1 heterocycles. The van der Waals surface area contributed by atoms with Gasteiger partial charge in [-0.15, -0.1) is 0 Å². The molecule has 2 aromatic carbocycles. The van der Waals surface area contributed by atoms with E-state index in [0.29, 0.717) is 29.4 Å². The molecule has 0 aliphatic rings. The Morgan fingerprint density at radius 2 is 1.80 bits per heavy atom. The first-order chi connectivity index (χ1) is 19.2. The average molecular weight is 607 g/mol. The normalized spacial score (nSPS) is 11.3. The minimum absolute atomic E-state index is 0.140. The molecule has 220 valence electrons. The number of likely N-dealkylation sites (N-methyl/N-ethyl adjacent to an activating group) is 2. The molecule has 0 bridgehead atoms. The molecule has 41 heavy (non-hydrogen) atoms. The van der Waals surface area contributed by atoms with Gasteiger partial charge in [0.05, 0.1) is 41.0 Å². The maximum absolute atomic E-state index is 14.2. The summed E-state index contributed by atoms with van der Waals surface area (Å²) in [5.41, 5.74) is 0.884. The van der Waals surface area contributed by atoms with E-state index in [9.17, 15) is 14.3 Å². The maximum Gasteiger partial charge on any atom is 0.247 e. The Kier molecular flexibility index (Phi) is 10.4. The van der Waals surface area contributed by atoms with Crippen molar-refractivity contribution in [1.29, 1.82) is 0 Å². The first-order valence-corrected chi connectivity index (χ1v) is 13.3. The van der Waals surface area contributed by atoms with Gasteiger partial charge in [-0.2, -0.15) is 4.98 Å². The molecule has 0 atom stereocenters. The van der Waals surface area contributed by atoms with Gasteiger partial charge in [0.1, 0.15) is 16.6 Å². The highest BCUT2D eigenvalue weighted by atomic mass is 35.5. The van der Waals surface area contributed by atoms with Crippen molar-refractivity contribution in [2.75, 3.05) is 62.2 Å². The number of amides is 1. The third-order valence-electron chi connectivity index (χ3n) is 6.02. The van der Waals surface area contributed by atoms with Crippen LogP contribution >= 0.6 is 23.2 Å². The first kappa shape index (κ1) is 31.9. The van der Waals surface area contributed by atoms with Crippen LogP contribution in [0.5, 0.6) is 5.75 Å². The number of carbonyl (C=O) groups is 1. The summed E-state index contributed by atoms with van der Waals surface area (Å²) in [6.45, 7) is 8.06. The van der Waals surface area contributed by atoms with Gasteiger partial charge >= 0.3 is 0 Å². The number of ether oxygens (including phenoxy) is 1. The second kappa shape index (κ2) is 13.3. The van der Waals surface area contributed by atoms with Crippen LogP contribution in [0.3, 0.4) is 0 Å². The van der Waals surface area contributed by atoms with E-state index >= 15 is 0 Å². The van der Waals surface area contributed by atoms with Crippen LogP contribution in [0.15, 0.2) is 43.1 Å². The molecular weight excluding hydrogens is 572 g/mol. The van der Waals surface area contributed by atoms with E-state index < -0.39 is 11.4 Å². The van der Waals surface area contributed by atoms with Gasteiger partial charge in [0.2, 0.25) is 11.9 Å². The van der Waals surface area contributed by atoms with E-state index in [2.05, 4.69) is 37.4 Å². The lowest BCUT2D eigenvalue weighted by molar-refractivity contribution is -0.111. The number of rotatable bonds is 12. The van der Waals surface area contributed by atoms with Crippen molar-refractivity contribution >= 4 is 63.6 Å². The minimum atomic E-state index is -1.39. The summed E-state index contributed by atoms with van der Waals surface area (Å²) in [6.07, 6.45) is 2.56. The van der Waals surface area contributed by atoms with Crippen LogP contribution in [0.2, 0.25) is 10.0 Å². The Hall–Kier alpha value is -3.64. The van der Waals surface area contributed by atoms with Crippen molar-refractivity contribution < 1.29 is 19.0 Å². The largest absolute Gasteiger partial charge is 0.494 e. The Morgan fingerprint density at radius 1 is 1.10 bits per heavy atom. The maximum atomic E-state index is 14.2. The number of carbonyl (C=O) groups excluding carboxylic acids is 1. The number of halogens is 3. The zero-order valence-corrected chi connectivity index (χ0v) is 25.3. The van der Waals surface area contributed by atoms with Crippen LogP contribution in [-0.2, 0) is 10.4 Å². The van der Waals surface area contributed by atoms with Crippen LogP contribution < -0.4 is 25.6 Å². The molecule has 0 aliphatic heterocycles. The molecule has 0 saturated carbocycles. The number of nitrogens with one attached hydrogen (secondary N) is 3. The van der Waals surface area contributed by atoms with Crippen LogP contribution in [0, 0.1) is 5.82 Å². The van der Waals surface area contributed by atoms with Gasteiger partial charge in [-0.05, 0) is 52.2 Å². The number of aliphatic hydroxyl groups is 1. The summed E-state index contributed by atoms with van der Waals surface area (Å²) < 4.78 is 19.8. The molecule has 10 nitrogen and oxygen atoms in total. The van der Waals surface area contributed by atoms with E-state index in [1.54, 1.807) is 12.1 Å². The van der Waals surface area contributed by atoms with E-state index in [-0.39, 0.29) is 33.3 Å². The molecule has 13 heteroatoms. The number of hydrogen-bond acceptors (Lipinski definition) is 9. The molecular formula is C28H34Cl2FN7O3. The molecule has 4 N–H and O–H groups in total. The second-order valence-electron chi connectivity index (χ2n) is 10.00. The fourth-order valence-corrected chi connectivity index (χ4v) is 4.13. The molecule has 0 saturated heterocycles. The van der Waals surface area contributed by atoms with E-state index in [1.807, 2.05) is 26.0 Å². The van der Waals surface area contributed by atoms with Crippen LogP contribution in [0.4, 0.5) is 38.9 Å². The summed E-state index contributed by atoms with van der Waals surface area (Å²) >= 11 is 12.4. The highest BCUT2D eigenvalue weighted by molar-refractivity contribution is 6.33. The fraction of sp³-hybridized carbons (Fsp3) is 0.321. The third kappa shape index (κ3) is 8.20. The molecule has 0 fully saturated rings. The summed E-state index contributed by atoms with van der Waals surface area (Å²) in [7, 11) is 7.40. The SMILES string of the molecule is C=CC(=O)Nc1cc(Nc2ncc(Cl)c(Nc3cc(Cl)c(F)cc3C(C)(C)O)n2)c(OC)cc1N(C)CCN(C)C. The Morgan fingerprint density at radius 3 is 2.41 bits per heavy atom. The Labute approximate surface area is 249 Å². The predicted molar refractivity (Wildman–Crippen MR) is 164 cm³/mol. The molecule has 0 radical (unpaired) electrons. The zero-order chi connectivity index (χ0) is 30.5. The van der Waals surface area contributed by atoms with Gasteiger partial charge in [-0.1, -0.05) is 29.8 Å². The van der Waals surface area contributed by atoms with Crippen LogP contribution in [0.1, 0.15) is 19.4 Å². The number of anilines is 6. The average Bonchev–Trinajstić information content (AvgIpc) is 2.90. The monoisotopic (exact) mass is 605 g/mol. The van der Waals surface area contributed by atoms with Crippen molar-refractivity contribution in [3.05, 3.63) is 64.5 Å². The topological polar surface area (TPSA) is 115 Å². The van der Waals surface area contributed by atoms with Gasteiger partial charge in [0, 0.05) is 37.5 Å². The van der Waals surface area contributed by atoms with Crippen molar-refractivity contribution in [3.8, 4) is 5.75 Å². The zero-order valence-electron chi connectivity index (χ0n) is 23.8. The molecule has 3 rings (SSSR count). The van der Waals surface area contributed by atoms with Crippen molar-refractivity contribution in [1.82, 2.24) is 14.9 Å². The van der Waals surface area contributed by atoms with Gasteiger partial charge in [0.25, 0.3) is 0 Å². The predicted octanol–water partition coefficient (Wildman–Crippen LogP) is 5.77. The summed E-state index contributed by atoms with van der Waals surface area (Å²) in [5.74, 6) is -0.263. The van der Waals surface area contributed by atoms with Gasteiger partial charge < -0.3 is 35.6 Å². The standard InChI is InChI=1S/C28H34Cl2FN7O3/c1-8-25(39)33-21-13-22(24(41-7)14-23(21)38(6)10-9-37(4)5)35-27-32-15-18(30)26(36-27)34-20-12-17(29)19(31)11-16(20)28(2,3)40/h8,11-15,40H,1,9-10H2,2-7H3,(H,33,39)(H2,32,34,35,36). The fourth-order valence-electron chi connectivity index (χ4n) is 3.83. The number of nitrogens with zero attached hydrogens (tertiary/aromatic N) is 4. The molecule has 3 aromatic rings. The van der Waals surface area contributed by atoms with E-state index in [4.69, 9.17) is 27.9 Å². The van der Waals surface area contributed by atoms with Gasteiger partial charge in [0.15, 0.2) is 5.82 Å². The van der Waals surface area contributed by atoms with Crippen molar-refractivity contribution in [3.63, 3.8) is 0 Å². The third-order valence-corrected chi connectivity index (χ3v) is 6.58. The number of benzene rings is 2. The molecule has 0 spiro atoms. The highest BCUT2D eigenvalue weighted by Gasteiger charge is 2.24. The molecule has 0 unspecified atom stereocenters. The van der Waals surface area contributed by atoms with Crippen LogP contribution in [-0.4, -0.2) is 67.2 Å². The minimum Gasteiger partial charge on any atom is -0.494 e. The van der Waals surface area contributed by atoms with Gasteiger partial charge in [-0.3, -0.25) is 4.79 Å². The summed E-state index contributed by atoms with van der Waals surface area (Å²) in [5, 5.41) is 19.6. The Balaban J connectivity index is 2.01. The lowest BCUT2D eigenvalue weighted by Crippen LogP contribution is -2.29. The highest BCUT2D eigenvalue weighted by Crippen LogP contribution is 2.39. The number of methoxy groups -OCH3 is 1. The number of aromatic nitrogens is 2. The quantitative estimate of drug-likeness (QED) is 0.191. The second-order valence-corrected chi connectivity index (χ2v) is 10.8. The van der Waals surface area contributed by atoms with E-state index in [1.165, 1.54) is 39.3 Å². The van der Waals surface area contributed by atoms with Crippen LogP contribution in [0.25, 0.3) is 0 Å². The van der Waals surface area contributed by atoms with E-state index in [0.717, 1.165) is 18.3 Å². The lowest BCUT2D eigenvalue weighted by atomic mass is 9.96. The molecule has 1 amide bonds.